The average Bonchev–Trinajstić information content (AvgIpc) is 2.59. The van der Waals surface area contributed by atoms with Gasteiger partial charge in [0.1, 0.15) is 0 Å². The normalized spacial score (nSPS) is 16.5. The number of nitrogens with one attached hydrogen (secondary N) is 1. The lowest BCUT2D eigenvalue weighted by Gasteiger charge is -2.33. The van der Waals surface area contributed by atoms with Gasteiger partial charge in [-0.25, -0.2) is 0 Å². The lowest BCUT2D eigenvalue weighted by Crippen LogP contribution is -2.38. The van der Waals surface area contributed by atoms with Crippen LogP contribution in [-0.2, 0) is 6.54 Å². The summed E-state index contributed by atoms with van der Waals surface area (Å²) in [5.74, 6) is -2.36. The Kier molecular flexibility index (Phi) is 6.10. The van der Waals surface area contributed by atoms with Crippen molar-refractivity contribution in [3.8, 4) is 0 Å². The largest absolute Gasteiger partial charge is 0.382 e. The fourth-order valence-corrected chi connectivity index (χ4v) is 3.54. The molecule has 0 unspecified atom stereocenters. The van der Waals surface area contributed by atoms with Gasteiger partial charge in [0.05, 0.1) is 0 Å². The van der Waals surface area contributed by atoms with E-state index < -0.39 is 5.76 Å². The molecule has 0 radical (unpaired) electrons. The summed E-state index contributed by atoms with van der Waals surface area (Å²) in [6.45, 7) is 3.16. The molecular weight excluding hydrogens is 326 g/mol. The summed E-state index contributed by atoms with van der Waals surface area (Å²) in [5.41, 5.74) is 2.37. The molecule has 5 heteroatoms. The zero-order chi connectivity index (χ0) is 16.8. The molecule has 1 aliphatic rings. The van der Waals surface area contributed by atoms with Crippen LogP contribution in [0.2, 0.25) is 0 Å². The maximum Gasteiger partial charge on any atom is 0.288 e. The van der Waals surface area contributed by atoms with E-state index >= 15 is 0 Å². The van der Waals surface area contributed by atoms with Crippen molar-refractivity contribution in [2.75, 3.05) is 18.4 Å². The van der Waals surface area contributed by atoms with Gasteiger partial charge < -0.3 is 5.32 Å². The van der Waals surface area contributed by atoms with E-state index in [9.17, 15) is 8.78 Å². The molecule has 2 aromatic rings. The summed E-state index contributed by atoms with van der Waals surface area (Å²) in [6.07, 6.45) is 2.20. The van der Waals surface area contributed by atoms with E-state index in [1.54, 1.807) is 12.1 Å². The van der Waals surface area contributed by atoms with Gasteiger partial charge in [-0.3, -0.25) is 4.90 Å². The van der Waals surface area contributed by atoms with Gasteiger partial charge in [0, 0.05) is 36.3 Å². The van der Waals surface area contributed by atoms with Crippen molar-refractivity contribution in [2.45, 2.75) is 36.1 Å². The van der Waals surface area contributed by atoms with Gasteiger partial charge in [0.15, 0.2) is 0 Å². The molecule has 0 atom stereocenters. The maximum atomic E-state index is 12.3. The van der Waals surface area contributed by atoms with Crippen LogP contribution in [0.4, 0.5) is 14.5 Å². The number of rotatable bonds is 6. The predicted molar refractivity (Wildman–Crippen MR) is 96.7 cm³/mol. The molecule has 0 spiro atoms. The van der Waals surface area contributed by atoms with Crippen molar-refractivity contribution >= 4 is 17.4 Å². The summed E-state index contributed by atoms with van der Waals surface area (Å²) in [7, 11) is 0. The number of benzene rings is 2. The van der Waals surface area contributed by atoms with Crippen molar-refractivity contribution in [1.29, 1.82) is 0 Å². The number of anilines is 1. The Balaban J connectivity index is 1.45. The van der Waals surface area contributed by atoms with Gasteiger partial charge in [-0.15, -0.1) is 0 Å². The third kappa shape index (κ3) is 5.21. The highest BCUT2D eigenvalue weighted by molar-refractivity contribution is 7.99. The number of likely N-dealkylation sites (tertiary alicyclic amines) is 1. The van der Waals surface area contributed by atoms with E-state index in [2.05, 4.69) is 34.5 Å². The molecule has 2 aromatic carbocycles. The lowest BCUT2D eigenvalue weighted by atomic mass is 10.0. The zero-order valence-electron chi connectivity index (χ0n) is 13.5. The Labute approximate surface area is 146 Å². The minimum absolute atomic E-state index is 0.450. The SMILES string of the molecule is FC(F)Sc1ccc(NC2CCN(Cc3ccccc3)CC2)cc1. The number of hydrogen-bond donors (Lipinski definition) is 1. The minimum Gasteiger partial charge on any atom is -0.382 e. The van der Waals surface area contributed by atoms with Gasteiger partial charge in [0.2, 0.25) is 0 Å². The van der Waals surface area contributed by atoms with Gasteiger partial charge >= 0.3 is 0 Å². The summed E-state index contributed by atoms with van der Waals surface area (Å²) in [5, 5.41) is 3.52. The molecule has 1 saturated heterocycles. The number of piperidine rings is 1. The molecule has 3 rings (SSSR count). The van der Waals surface area contributed by atoms with E-state index in [-0.39, 0.29) is 0 Å². The first kappa shape index (κ1) is 17.2. The second-order valence-corrected chi connectivity index (χ2v) is 7.15. The van der Waals surface area contributed by atoms with E-state index in [4.69, 9.17) is 0 Å². The van der Waals surface area contributed by atoms with Crippen LogP contribution in [0.3, 0.4) is 0 Å². The van der Waals surface area contributed by atoms with Crippen LogP contribution in [-0.4, -0.2) is 29.8 Å². The monoisotopic (exact) mass is 348 g/mol. The maximum absolute atomic E-state index is 12.3. The van der Waals surface area contributed by atoms with Crippen LogP contribution < -0.4 is 5.32 Å². The van der Waals surface area contributed by atoms with Gasteiger partial charge in [-0.1, -0.05) is 42.1 Å². The van der Waals surface area contributed by atoms with Crippen LogP contribution in [0.25, 0.3) is 0 Å². The quantitative estimate of drug-likeness (QED) is 0.733. The van der Waals surface area contributed by atoms with Gasteiger partial charge in [-0.05, 0) is 42.7 Å². The highest BCUT2D eigenvalue weighted by atomic mass is 32.2. The first-order chi connectivity index (χ1) is 11.7. The third-order valence-corrected chi connectivity index (χ3v) is 5.01. The van der Waals surface area contributed by atoms with Gasteiger partial charge in [-0.2, -0.15) is 8.78 Å². The summed E-state index contributed by atoms with van der Waals surface area (Å²) in [4.78, 5) is 3.09. The molecule has 24 heavy (non-hydrogen) atoms. The summed E-state index contributed by atoms with van der Waals surface area (Å²) < 4.78 is 24.7. The fraction of sp³-hybridized carbons (Fsp3) is 0.368. The Morgan fingerprint density at radius 2 is 1.67 bits per heavy atom. The Bertz CT molecular complexity index is 611. The van der Waals surface area contributed by atoms with E-state index in [1.165, 1.54) is 5.56 Å². The van der Waals surface area contributed by atoms with Gasteiger partial charge in [0.25, 0.3) is 5.76 Å². The highest BCUT2D eigenvalue weighted by Crippen LogP contribution is 2.27. The van der Waals surface area contributed by atoms with Crippen molar-refractivity contribution in [3.63, 3.8) is 0 Å². The molecule has 0 bridgehead atoms. The molecule has 2 nitrogen and oxygen atoms in total. The molecule has 1 fully saturated rings. The summed E-state index contributed by atoms with van der Waals surface area (Å²) in [6, 6.07) is 18.3. The van der Waals surface area contributed by atoms with Crippen LogP contribution in [0.5, 0.6) is 0 Å². The standard InChI is InChI=1S/C19H22F2N2S/c20-19(21)24-18-8-6-16(7-9-18)22-17-10-12-23(13-11-17)14-15-4-2-1-3-5-15/h1-9,17,19,22H,10-14H2. The van der Waals surface area contributed by atoms with Crippen molar-refractivity contribution in [1.82, 2.24) is 4.90 Å². The molecule has 1 aliphatic heterocycles. The Hall–Kier alpha value is -1.59. The van der Waals surface area contributed by atoms with Crippen molar-refractivity contribution in [3.05, 3.63) is 60.2 Å². The number of alkyl halides is 2. The Morgan fingerprint density at radius 3 is 2.29 bits per heavy atom. The number of hydrogen-bond acceptors (Lipinski definition) is 3. The molecule has 0 amide bonds. The average molecular weight is 348 g/mol. The molecule has 1 heterocycles. The smallest absolute Gasteiger partial charge is 0.288 e. The zero-order valence-corrected chi connectivity index (χ0v) is 14.3. The van der Waals surface area contributed by atoms with Crippen LogP contribution in [0.15, 0.2) is 59.5 Å². The van der Waals surface area contributed by atoms with Crippen LogP contribution >= 0.6 is 11.8 Å². The molecule has 0 saturated carbocycles. The first-order valence-electron chi connectivity index (χ1n) is 8.27. The van der Waals surface area contributed by atoms with Crippen molar-refractivity contribution in [2.24, 2.45) is 0 Å². The summed E-state index contributed by atoms with van der Waals surface area (Å²) >= 11 is 0.587. The topological polar surface area (TPSA) is 15.3 Å². The van der Waals surface area contributed by atoms with Crippen molar-refractivity contribution < 1.29 is 8.78 Å². The van der Waals surface area contributed by atoms with E-state index in [0.29, 0.717) is 22.7 Å². The van der Waals surface area contributed by atoms with Crippen LogP contribution in [0.1, 0.15) is 18.4 Å². The lowest BCUT2D eigenvalue weighted by molar-refractivity contribution is 0.211. The first-order valence-corrected chi connectivity index (χ1v) is 9.15. The molecule has 1 N–H and O–H groups in total. The number of nitrogens with zero attached hydrogens (tertiary/aromatic N) is 1. The Morgan fingerprint density at radius 1 is 1.00 bits per heavy atom. The molecule has 0 aliphatic carbocycles. The molecule has 128 valence electrons. The minimum atomic E-state index is -2.36. The van der Waals surface area contributed by atoms with Crippen LogP contribution in [0, 0.1) is 0 Å². The number of thioether (sulfide) groups is 1. The van der Waals surface area contributed by atoms with E-state index in [0.717, 1.165) is 38.2 Å². The molecular formula is C19H22F2N2S. The fourth-order valence-electron chi connectivity index (χ4n) is 3.05. The van der Waals surface area contributed by atoms with E-state index in [1.807, 2.05) is 18.2 Å². The third-order valence-electron chi connectivity index (χ3n) is 4.29. The highest BCUT2D eigenvalue weighted by Gasteiger charge is 2.19. The predicted octanol–water partition coefficient (Wildman–Crippen LogP) is 5.08. The second kappa shape index (κ2) is 8.49. The number of halogens is 2. The second-order valence-electron chi connectivity index (χ2n) is 6.08. The molecule has 0 aromatic heterocycles.